The quantitative estimate of drug-likeness (QED) is 0.819. The molecule has 0 amide bonds. The molecule has 2 aliphatic rings. The second-order valence-electron chi connectivity index (χ2n) is 5.79. The Bertz CT molecular complexity index is 425. The van der Waals surface area contributed by atoms with E-state index in [-0.39, 0.29) is 0 Å². The largest absolute Gasteiger partial charge is 0.310 e. The van der Waals surface area contributed by atoms with E-state index in [1.807, 2.05) is 6.07 Å². The summed E-state index contributed by atoms with van der Waals surface area (Å²) in [6, 6.07) is 7.15. The number of benzene rings is 1. The van der Waals surface area contributed by atoms with Gasteiger partial charge < -0.3 is 5.32 Å². The van der Waals surface area contributed by atoms with Crippen LogP contribution in [0.5, 0.6) is 0 Å². The maximum Gasteiger partial charge on any atom is 0.0417 e. The molecular formula is C16H22ClNS. The predicted octanol–water partition coefficient (Wildman–Crippen LogP) is 5.02. The molecule has 0 unspecified atom stereocenters. The first-order valence-corrected chi connectivity index (χ1v) is 8.75. The Balaban J connectivity index is 1.67. The second-order valence-corrected chi connectivity index (χ2v) is 7.56. The molecule has 104 valence electrons. The van der Waals surface area contributed by atoms with Crippen molar-refractivity contribution < 1.29 is 0 Å². The zero-order valence-electron chi connectivity index (χ0n) is 11.3. The molecule has 1 aromatic carbocycles. The fourth-order valence-corrected chi connectivity index (χ4v) is 4.34. The van der Waals surface area contributed by atoms with Crippen LogP contribution in [0.15, 0.2) is 23.1 Å². The lowest BCUT2D eigenvalue weighted by Gasteiger charge is -2.22. The lowest BCUT2D eigenvalue weighted by atomic mass is 10.0. The van der Waals surface area contributed by atoms with Crippen molar-refractivity contribution >= 4 is 23.4 Å². The molecule has 2 saturated carbocycles. The molecule has 0 heterocycles. The molecule has 0 aliphatic heterocycles. The maximum absolute atomic E-state index is 6.18. The Hall–Kier alpha value is -0.180. The van der Waals surface area contributed by atoms with Crippen LogP contribution in [0, 0.1) is 0 Å². The highest BCUT2D eigenvalue weighted by Gasteiger charge is 2.21. The van der Waals surface area contributed by atoms with E-state index in [0.29, 0.717) is 0 Å². The van der Waals surface area contributed by atoms with Crippen molar-refractivity contribution in [3.63, 3.8) is 0 Å². The summed E-state index contributed by atoms with van der Waals surface area (Å²) in [5.74, 6) is 0. The SMILES string of the molecule is Clc1ccc(CNC2CC2)c(SC2CCCCC2)c1. The van der Waals surface area contributed by atoms with Crippen LogP contribution in [0.25, 0.3) is 0 Å². The van der Waals surface area contributed by atoms with Crippen LogP contribution < -0.4 is 5.32 Å². The summed E-state index contributed by atoms with van der Waals surface area (Å²) in [5, 5.41) is 5.28. The smallest absolute Gasteiger partial charge is 0.0417 e. The monoisotopic (exact) mass is 295 g/mol. The van der Waals surface area contributed by atoms with Gasteiger partial charge in [-0.2, -0.15) is 0 Å². The molecule has 0 bridgehead atoms. The number of halogens is 1. The fourth-order valence-electron chi connectivity index (χ4n) is 2.69. The van der Waals surface area contributed by atoms with Crippen LogP contribution >= 0.6 is 23.4 Å². The molecule has 0 spiro atoms. The normalized spacial score (nSPS) is 20.7. The van der Waals surface area contributed by atoms with Crippen molar-refractivity contribution in [2.75, 3.05) is 0 Å². The van der Waals surface area contributed by atoms with Gasteiger partial charge in [-0.05, 0) is 43.4 Å². The third-order valence-corrected chi connectivity index (χ3v) is 5.71. The Kier molecular flexibility index (Phi) is 4.73. The van der Waals surface area contributed by atoms with Gasteiger partial charge in [0.25, 0.3) is 0 Å². The average Bonchev–Trinajstić information content (AvgIpc) is 3.23. The molecular weight excluding hydrogens is 274 g/mol. The number of hydrogen-bond donors (Lipinski definition) is 1. The van der Waals surface area contributed by atoms with Gasteiger partial charge >= 0.3 is 0 Å². The van der Waals surface area contributed by atoms with Gasteiger partial charge in [-0.1, -0.05) is 36.9 Å². The van der Waals surface area contributed by atoms with Gasteiger partial charge in [0.05, 0.1) is 0 Å². The maximum atomic E-state index is 6.18. The summed E-state index contributed by atoms with van der Waals surface area (Å²) in [6.07, 6.45) is 9.64. The highest BCUT2D eigenvalue weighted by molar-refractivity contribution is 8.00. The van der Waals surface area contributed by atoms with Gasteiger partial charge in [0.15, 0.2) is 0 Å². The second kappa shape index (κ2) is 6.51. The van der Waals surface area contributed by atoms with E-state index >= 15 is 0 Å². The van der Waals surface area contributed by atoms with E-state index in [9.17, 15) is 0 Å². The summed E-state index contributed by atoms with van der Waals surface area (Å²) in [6.45, 7) is 0.997. The van der Waals surface area contributed by atoms with E-state index in [1.165, 1.54) is 55.4 Å². The van der Waals surface area contributed by atoms with E-state index in [4.69, 9.17) is 11.6 Å². The lowest BCUT2D eigenvalue weighted by Crippen LogP contribution is -2.16. The lowest BCUT2D eigenvalue weighted by molar-refractivity contribution is 0.516. The standard InChI is InChI=1S/C16H22ClNS/c17-13-7-6-12(11-18-14-8-9-14)16(10-13)19-15-4-2-1-3-5-15/h6-7,10,14-15,18H,1-5,8-9,11H2. The van der Waals surface area contributed by atoms with E-state index in [1.54, 1.807) is 0 Å². The Morgan fingerprint density at radius 1 is 1.11 bits per heavy atom. The van der Waals surface area contributed by atoms with E-state index in [2.05, 4.69) is 29.2 Å². The zero-order valence-corrected chi connectivity index (χ0v) is 12.9. The van der Waals surface area contributed by atoms with Gasteiger partial charge in [-0.15, -0.1) is 11.8 Å². The van der Waals surface area contributed by atoms with Gasteiger partial charge in [0, 0.05) is 27.8 Å². The molecule has 3 heteroatoms. The molecule has 1 N–H and O–H groups in total. The Morgan fingerprint density at radius 2 is 1.89 bits per heavy atom. The van der Waals surface area contributed by atoms with Crippen LogP contribution in [0.4, 0.5) is 0 Å². The topological polar surface area (TPSA) is 12.0 Å². The molecule has 3 rings (SSSR count). The van der Waals surface area contributed by atoms with Gasteiger partial charge in [0.1, 0.15) is 0 Å². The minimum absolute atomic E-state index is 0.767. The zero-order chi connectivity index (χ0) is 13.1. The third kappa shape index (κ3) is 4.14. The minimum atomic E-state index is 0.767. The number of hydrogen-bond acceptors (Lipinski definition) is 2. The van der Waals surface area contributed by atoms with E-state index < -0.39 is 0 Å². The van der Waals surface area contributed by atoms with Crippen molar-refractivity contribution in [3.05, 3.63) is 28.8 Å². The molecule has 0 atom stereocenters. The van der Waals surface area contributed by atoms with Gasteiger partial charge in [-0.3, -0.25) is 0 Å². The highest BCUT2D eigenvalue weighted by atomic mass is 35.5. The van der Waals surface area contributed by atoms with Crippen LogP contribution in [0.3, 0.4) is 0 Å². The highest BCUT2D eigenvalue weighted by Crippen LogP contribution is 2.36. The van der Waals surface area contributed by atoms with Gasteiger partial charge in [0.2, 0.25) is 0 Å². The third-order valence-electron chi connectivity index (χ3n) is 4.03. The van der Waals surface area contributed by atoms with Gasteiger partial charge in [-0.25, -0.2) is 0 Å². The first-order valence-electron chi connectivity index (χ1n) is 7.50. The number of nitrogens with one attached hydrogen (secondary N) is 1. The van der Waals surface area contributed by atoms with Crippen molar-refractivity contribution in [1.82, 2.24) is 5.32 Å². The van der Waals surface area contributed by atoms with Crippen molar-refractivity contribution in [2.45, 2.75) is 67.7 Å². The molecule has 1 aromatic rings. The van der Waals surface area contributed by atoms with Crippen LogP contribution in [0.1, 0.15) is 50.5 Å². The first-order chi connectivity index (χ1) is 9.31. The summed E-state index contributed by atoms with van der Waals surface area (Å²) >= 11 is 8.23. The summed E-state index contributed by atoms with van der Waals surface area (Å²) < 4.78 is 0. The molecule has 0 radical (unpaired) electrons. The van der Waals surface area contributed by atoms with Crippen LogP contribution in [-0.4, -0.2) is 11.3 Å². The van der Waals surface area contributed by atoms with Crippen molar-refractivity contribution in [1.29, 1.82) is 0 Å². The summed E-state index contributed by atoms with van der Waals surface area (Å²) in [5.41, 5.74) is 1.42. The average molecular weight is 296 g/mol. The first kappa shape index (κ1) is 13.8. The molecule has 2 fully saturated rings. The molecule has 0 saturated heterocycles. The molecule has 1 nitrogen and oxygen atoms in total. The predicted molar refractivity (Wildman–Crippen MR) is 84.0 cm³/mol. The Labute approximate surface area is 125 Å². The fraction of sp³-hybridized carbons (Fsp3) is 0.625. The molecule has 19 heavy (non-hydrogen) atoms. The van der Waals surface area contributed by atoms with Crippen LogP contribution in [-0.2, 0) is 6.54 Å². The van der Waals surface area contributed by atoms with Crippen LogP contribution in [0.2, 0.25) is 5.02 Å². The summed E-state index contributed by atoms with van der Waals surface area (Å²) in [4.78, 5) is 1.40. The summed E-state index contributed by atoms with van der Waals surface area (Å²) in [7, 11) is 0. The molecule has 2 aliphatic carbocycles. The Morgan fingerprint density at radius 3 is 2.63 bits per heavy atom. The van der Waals surface area contributed by atoms with Crippen molar-refractivity contribution in [2.24, 2.45) is 0 Å². The van der Waals surface area contributed by atoms with E-state index in [0.717, 1.165) is 22.9 Å². The minimum Gasteiger partial charge on any atom is -0.310 e. The molecule has 0 aromatic heterocycles. The number of rotatable bonds is 5. The number of thioether (sulfide) groups is 1. The van der Waals surface area contributed by atoms with Crippen molar-refractivity contribution in [3.8, 4) is 0 Å².